The van der Waals surface area contributed by atoms with Gasteiger partial charge < -0.3 is 34.4 Å². The number of benzene rings is 1. The zero-order chi connectivity index (χ0) is 35.2. The van der Waals surface area contributed by atoms with E-state index in [1.807, 2.05) is 50.5 Å². The second kappa shape index (κ2) is 13.6. The van der Waals surface area contributed by atoms with Gasteiger partial charge in [0, 0.05) is 72.9 Å². The van der Waals surface area contributed by atoms with Crippen molar-refractivity contribution in [1.82, 2.24) is 30.4 Å². The SMILES string of the molecule is CC(C)C(C(=O)O)c1cc(N2CCC(N3CCC(c4cnc(N5CCc6[nH]c7c(c6[C@@H]5C)C=C(c5ccccc5O)NN7)nc4)CC3)CC2)no1. The molecule has 0 amide bonds. The van der Waals surface area contributed by atoms with Gasteiger partial charge in [0.15, 0.2) is 11.6 Å². The second-order valence-corrected chi connectivity index (χ2v) is 14.7. The lowest BCUT2D eigenvalue weighted by molar-refractivity contribution is -0.140. The summed E-state index contributed by atoms with van der Waals surface area (Å²) in [5.74, 6) is 1.92. The molecule has 7 heterocycles. The molecule has 0 bridgehead atoms. The second-order valence-electron chi connectivity index (χ2n) is 14.7. The average Bonchev–Trinajstić information content (AvgIpc) is 3.77. The number of aromatic hydroxyl groups is 1. The molecule has 8 rings (SSSR count). The molecule has 3 aromatic heterocycles. The van der Waals surface area contributed by atoms with Gasteiger partial charge in [0.05, 0.1) is 11.7 Å². The van der Waals surface area contributed by atoms with Crippen LogP contribution in [0.3, 0.4) is 0 Å². The number of phenolic OH excluding ortho intramolecular Hbond substituents is 1. The zero-order valence-corrected chi connectivity index (χ0v) is 29.5. The molecular weight excluding hydrogens is 646 g/mol. The molecule has 4 aliphatic heterocycles. The number of carboxylic acid groups (broad SMARTS) is 1. The molecule has 268 valence electrons. The Morgan fingerprint density at radius 3 is 2.45 bits per heavy atom. The Morgan fingerprint density at radius 1 is 1.00 bits per heavy atom. The van der Waals surface area contributed by atoms with E-state index in [0.717, 1.165) is 99.2 Å². The number of H-pyrrole nitrogens is 1. The first kappa shape index (κ1) is 33.1. The minimum atomic E-state index is -0.877. The Bertz CT molecular complexity index is 1900. The molecule has 5 N–H and O–H groups in total. The summed E-state index contributed by atoms with van der Waals surface area (Å²) in [6.07, 6.45) is 11.3. The van der Waals surface area contributed by atoms with Gasteiger partial charge in [0.2, 0.25) is 5.95 Å². The number of hydrazine groups is 1. The molecule has 51 heavy (non-hydrogen) atoms. The molecule has 1 aromatic carbocycles. The molecule has 13 heteroatoms. The summed E-state index contributed by atoms with van der Waals surface area (Å²) >= 11 is 0. The van der Waals surface area contributed by atoms with E-state index in [0.29, 0.717) is 17.7 Å². The topological polar surface area (TPSA) is 159 Å². The number of fused-ring (bicyclic) bond motifs is 3. The lowest BCUT2D eigenvalue weighted by Crippen LogP contribution is -2.47. The van der Waals surface area contributed by atoms with E-state index in [4.69, 9.17) is 14.5 Å². The van der Waals surface area contributed by atoms with Crippen molar-refractivity contribution in [1.29, 1.82) is 0 Å². The van der Waals surface area contributed by atoms with Crippen LogP contribution in [0.4, 0.5) is 17.6 Å². The summed E-state index contributed by atoms with van der Waals surface area (Å²) in [7, 11) is 0. The van der Waals surface area contributed by atoms with Crippen molar-refractivity contribution in [3.8, 4) is 5.75 Å². The molecule has 4 aromatic rings. The predicted molar refractivity (Wildman–Crippen MR) is 196 cm³/mol. The molecule has 2 atom stereocenters. The number of rotatable bonds is 8. The summed E-state index contributed by atoms with van der Waals surface area (Å²) in [5, 5.41) is 24.3. The normalized spacial score (nSPS) is 20.7. The summed E-state index contributed by atoms with van der Waals surface area (Å²) in [6.45, 7) is 10.7. The first-order chi connectivity index (χ1) is 24.7. The van der Waals surface area contributed by atoms with Crippen molar-refractivity contribution in [3.05, 3.63) is 76.4 Å². The van der Waals surface area contributed by atoms with Crippen LogP contribution in [-0.2, 0) is 11.2 Å². The molecule has 13 nitrogen and oxygen atoms in total. The fourth-order valence-corrected chi connectivity index (χ4v) is 8.58. The van der Waals surface area contributed by atoms with Crippen molar-refractivity contribution in [2.45, 2.75) is 76.8 Å². The van der Waals surface area contributed by atoms with Gasteiger partial charge in [-0.25, -0.2) is 9.97 Å². The largest absolute Gasteiger partial charge is 0.507 e. The number of para-hydroxylation sites is 1. The monoisotopic (exact) mass is 693 g/mol. The number of piperidine rings is 2. The number of carbonyl (C=O) groups is 1. The number of hydrogen-bond acceptors (Lipinski definition) is 11. The van der Waals surface area contributed by atoms with Gasteiger partial charge in [-0.1, -0.05) is 31.1 Å². The van der Waals surface area contributed by atoms with Crippen LogP contribution in [0.1, 0.15) is 98.0 Å². The van der Waals surface area contributed by atoms with Crippen molar-refractivity contribution in [2.75, 3.05) is 47.9 Å². The van der Waals surface area contributed by atoms with Crippen LogP contribution in [0, 0.1) is 5.92 Å². The highest BCUT2D eigenvalue weighted by Crippen LogP contribution is 2.41. The van der Waals surface area contributed by atoms with Crippen LogP contribution in [-0.4, -0.2) is 80.0 Å². The van der Waals surface area contributed by atoms with Gasteiger partial charge in [0.1, 0.15) is 17.5 Å². The lowest BCUT2D eigenvalue weighted by atomic mass is 9.89. The molecule has 0 spiro atoms. The van der Waals surface area contributed by atoms with E-state index >= 15 is 0 Å². The van der Waals surface area contributed by atoms with Crippen molar-refractivity contribution in [2.24, 2.45) is 5.92 Å². The van der Waals surface area contributed by atoms with Gasteiger partial charge in [-0.15, -0.1) is 0 Å². The number of phenols is 1. The van der Waals surface area contributed by atoms with Crippen molar-refractivity contribution < 1.29 is 19.5 Å². The molecule has 1 unspecified atom stereocenters. The molecule has 0 aliphatic carbocycles. The van der Waals surface area contributed by atoms with Crippen LogP contribution in [0.5, 0.6) is 5.75 Å². The Balaban J connectivity index is 0.867. The van der Waals surface area contributed by atoms with E-state index in [9.17, 15) is 15.0 Å². The van der Waals surface area contributed by atoms with E-state index in [1.54, 1.807) is 6.07 Å². The molecule has 2 saturated heterocycles. The molecule has 2 fully saturated rings. The number of nitrogens with zero attached hydrogens (tertiary/aromatic N) is 6. The smallest absolute Gasteiger partial charge is 0.314 e. The Hall–Kier alpha value is -5.04. The number of hydrogen-bond donors (Lipinski definition) is 5. The van der Waals surface area contributed by atoms with Gasteiger partial charge in [-0.2, -0.15) is 0 Å². The average molecular weight is 694 g/mol. The van der Waals surface area contributed by atoms with Crippen molar-refractivity contribution in [3.63, 3.8) is 0 Å². The van der Waals surface area contributed by atoms with E-state index in [2.05, 4.69) is 48.7 Å². The maximum atomic E-state index is 11.7. The van der Waals surface area contributed by atoms with E-state index in [-0.39, 0.29) is 17.7 Å². The summed E-state index contributed by atoms with van der Waals surface area (Å²) in [5.41, 5.74) is 12.8. The number of aromatic nitrogens is 4. The molecule has 0 saturated carbocycles. The summed E-state index contributed by atoms with van der Waals surface area (Å²) in [6, 6.07) is 9.78. The standard InChI is InChI=1S/C38H47N9O4/c1-22(2)34(37(49)50)32-19-33(44-51-32)46-15-10-26(11-16-46)45-13-8-24(9-14-45)25-20-39-38(40-21-25)47-17-12-29-35(23(47)3)28-18-30(42-43-36(28)41-29)27-6-4-5-7-31(27)48/h4-7,18-24,26,34,41-43,48H,8-17H2,1-3H3,(H,49,50)/t23-,34?/m0/s1. The summed E-state index contributed by atoms with van der Waals surface area (Å²) in [4.78, 5) is 32.3. The first-order valence-corrected chi connectivity index (χ1v) is 18.3. The van der Waals surface area contributed by atoms with E-state index < -0.39 is 11.9 Å². The number of aliphatic carboxylic acids is 1. The number of nitrogens with one attached hydrogen (secondary N) is 3. The minimum absolute atomic E-state index is 0.0693. The summed E-state index contributed by atoms with van der Waals surface area (Å²) < 4.78 is 5.49. The number of carboxylic acids is 1. The third-order valence-corrected chi connectivity index (χ3v) is 11.4. The highest BCUT2D eigenvalue weighted by atomic mass is 16.5. The third-order valence-electron chi connectivity index (χ3n) is 11.4. The highest BCUT2D eigenvalue weighted by Gasteiger charge is 2.34. The Morgan fingerprint density at radius 2 is 1.75 bits per heavy atom. The number of likely N-dealkylation sites (tertiary alicyclic amines) is 1. The minimum Gasteiger partial charge on any atom is -0.507 e. The number of anilines is 3. The van der Waals surface area contributed by atoms with Gasteiger partial charge in [-0.3, -0.25) is 15.6 Å². The van der Waals surface area contributed by atoms with Crippen LogP contribution >= 0.6 is 0 Å². The number of aromatic amines is 1. The van der Waals surface area contributed by atoms with Crippen LogP contribution < -0.4 is 20.7 Å². The van der Waals surface area contributed by atoms with Crippen LogP contribution in [0.15, 0.2) is 47.2 Å². The first-order valence-electron chi connectivity index (χ1n) is 18.3. The molecular formula is C38H47N9O4. The Labute approximate surface area is 297 Å². The zero-order valence-electron chi connectivity index (χ0n) is 29.5. The highest BCUT2D eigenvalue weighted by molar-refractivity contribution is 5.90. The predicted octanol–water partition coefficient (Wildman–Crippen LogP) is 5.72. The van der Waals surface area contributed by atoms with E-state index in [1.165, 1.54) is 16.8 Å². The van der Waals surface area contributed by atoms with Gasteiger partial charge in [-0.05, 0) is 81.3 Å². The maximum absolute atomic E-state index is 11.7. The third kappa shape index (κ3) is 6.28. The molecule has 0 radical (unpaired) electrons. The lowest BCUT2D eigenvalue weighted by Gasteiger charge is -2.41. The van der Waals surface area contributed by atoms with Gasteiger partial charge >= 0.3 is 5.97 Å². The van der Waals surface area contributed by atoms with Crippen molar-refractivity contribution >= 4 is 35.3 Å². The maximum Gasteiger partial charge on any atom is 0.314 e. The fraction of sp³-hybridized carbons (Fsp3) is 0.474. The fourth-order valence-electron chi connectivity index (χ4n) is 8.58. The van der Waals surface area contributed by atoms with Gasteiger partial charge in [0.25, 0.3) is 0 Å². The molecule has 4 aliphatic rings. The quantitative estimate of drug-likeness (QED) is 0.153. The van der Waals surface area contributed by atoms with Crippen LogP contribution in [0.25, 0.3) is 11.8 Å². The van der Waals surface area contributed by atoms with Crippen LogP contribution in [0.2, 0.25) is 0 Å². The Kier molecular flexibility index (Phi) is 8.83.